The molecule has 8 atom stereocenters. The van der Waals surface area contributed by atoms with Crippen molar-refractivity contribution in [3.63, 3.8) is 0 Å². The lowest BCUT2D eigenvalue weighted by Gasteiger charge is -2.34. The van der Waals surface area contributed by atoms with Crippen LogP contribution in [0, 0.1) is 17.8 Å². The van der Waals surface area contributed by atoms with E-state index in [1.807, 2.05) is 0 Å². The zero-order valence-corrected chi connectivity index (χ0v) is 15.0. The molecule has 2 aliphatic carbocycles. The highest BCUT2D eigenvalue weighted by Gasteiger charge is 2.46. The van der Waals surface area contributed by atoms with Gasteiger partial charge in [0.2, 0.25) is 5.91 Å². The fraction of sp³-hybridized carbons (Fsp3) is 0.944. The van der Waals surface area contributed by atoms with Crippen molar-refractivity contribution in [2.45, 2.75) is 82.3 Å². The van der Waals surface area contributed by atoms with Crippen LogP contribution in [-0.2, 0) is 9.63 Å². The third kappa shape index (κ3) is 3.70. The van der Waals surface area contributed by atoms with E-state index in [1.165, 1.54) is 0 Å². The van der Waals surface area contributed by atoms with Crippen LogP contribution in [0.25, 0.3) is 0 Å². The Balaban J connectivity index is 1.31. The van der Waals surface area contributed by atoms with Crippen LogP contribution in [0.4, 0.5) is 4.39 Å². The van der Waals surface area contributed by atoms with Crippen molar-refractivity contribution in [2.24, 2.45) is 17.8 Å². The van der Waals surface area contributed by atoms with Crippen LogP contribution in [-0.4, -0.2) is 43.1 Å². The monoisotopic (exact) mass is 354 g/mol. The fourth-order valence-corrected chi connectivity index (χ4v) is 5.33. The van der Waals surface area contributed by atoms with Gasteiger partial charge in [-0.25, -0.2) is 4.39 Å². The van der Waals surface area contributed by atoms with Crippen molar-refractivity contribution in [2.75, 3.05) is 6.73 Å². The topological polar surface area (TPSA) is 74.4 Å². The van der Waals surface area contributed by atoms with Gasteiger partial charge in [-0.1, -0.05) is 13.3 Å². The summed E-state index contributed by atoms with van der Waals surface area (Å²) in [6.07, 6.45) is 5.86. The first-order valence-corrected chi connectivity index (χ1v) is 9.93. The quantitative estimate of drug-likeness (QED) is 0.613. The Labute approximate surface area is 149 Å². The third-order valence-corrected chi connectivity index (χ3v) is 6.77. The molecule has 8 unspecified atom stereocenters. The molecule has 1 amide bonds. The van der Waals surface area contributed by atoms with Gasteiger partial charge in [0.1, 0.15) is 12.9 Å². The molecule has 2 heterocycles. The highest BCUT2D eigenvalue weighted by molar-refractivity contribution is 5.82. The Kier molecular flexibility index (Phi) is 5.27. The molecule has 7 heteroatoms. The minimum absolute atomic E-state index is 0.00245. The number of carbonyl (C=O) groups is 1. The van der Waals surface area contributed by atoms with Crippen molar-refractivity contribution in [3.8, 4) is 0 Å². The van der Waals surface area contributed by atoms with Gasteiger partial charge in [-0.05, 0) is 50.4 Å². The smallest absolute Gasteiger partial charge is 0.237 e. The first kappa shape index (κ1) is 17.6. The molecular weight excluding hydrogens is 323 g/mol. The lowest BCUT2D eigenvalue weighted by molar-refractivity contribution is -0.124. The van der Waals surface area contributed by atoms with Gasteiger partial charge in [-0.15, -0.1) is 0 Å². The van der Waals surface area contributed by atoms with Gasteiger partial charge in [-0.3, -0.25) is 14.9 Å². The Hall–Kier alpha value is -0.760. The third-order valence-electron chi connectivity index (χ3n) is 6.77. The summed E-state index contributed by atoms with van der Waals surface area (Å²) in [6, 6.07) is 0.126. The van der Waals surface area contributed by atoms with Crippen LogP contribution in [0.5, 0.6) is 0 Å². The van der Waals surface area contributed by atoms with Crippen molar-refractivity contribution < 1.29 is 14.0 Å². The molecule has 25 heavy (non-hydrogen) atoms. The molecule has 142 valence electrons. The second-order valence-electron chi connectivity index (χ2n) is 8.44. The fourth-order valence-electron chi connectivity index (χ4n) is 5.33. The van der Waals surface area contributed by atoms with Crippen molar-refractivity contribution >= 4 is 5.91 Å². The summed E-state index contributed by atoms with van der Waals surface area (Å²) < 4.78 is 14.2. The van der Waals surface area contributed by atoms with Crippen LogP contribution in [0.3, 0.4) is 0 Å². The summed E-state index contributed by atoms with van der Waals surface area (Å²) in [7, 11) is 0. The molecule has 0 aromatic carbocycles. The summed E-state index contributed by atoms with van der Waals surface area (Å²) in [5.41, 5.74) is 3.02. The number of rotatable bonds is 3. The van der Waals surface area contributed by atoms with E-state index >= 15 is 0 Å². The number of fused-ring (bicyclic) bond motifs is 1. The van der Waals surface area contributed by atoms with Crippen molar-refractivity contribution in [1.29, 1.82) is 0 Å². The molecule has 4 N–H and O–H groups in total. The first-order chi connectivity index (χ1) is 12.1. The zero-order valence-electron chi connectivity index (χ0n) is 15.0. The lowest BCUT2D eigenvalue weighted by Crippen LogP contribution is -2.51. The van der Waals surface area contributed by atoms with Gasteiger partial charge >= 0.3 is 0 Å². The van der Waals surface area contributed by atoms with Crippen molar-refractivity contribution in [1.82, 2.24) is 21.4 Å². The van der Waals surface area contributed by atoms with Crippen LogP contribution < -0.4 is 21.4 Å². The van der Waals surface area contributed by atoms with Crippen LogP contribution in [0.15, 0.2) is 0 Å². The average molecular weight is 354 g/mol. The van der Waals surface area contributed by atoms with E-state index in [4.69, 9.17) is 4.84 Å². The molecule has 0 aromatic rings. The average Bonchev–Trinajstić information content (AvgIpc) is 3.28. The second-order valence-corrected chi connectivity index (χ2v) is 8.44. The molecule has 6 nitrogen and oxygen atoms in total. The molecule has 4 fully saturated rings. The van der Waals surface area contributed by atoms with Gasteiger partial charge in [0, 0.05) is 18.0 Å². The summed E-state index contributed by atoms with van der Waals surface area (Å²) in [4.78, 5) is 17.9. The number of hydroxylamine groups is 1. The standard InChI is InChI=1S/C18H31FN4O2/c1-10-5-6-14(19)13-8-15(22-16(10)13)18(24)21-12-4-2-3-11(7-12)17-20-9-25-23-17/h10-17,20,22-23H,2-9H2,1H3,(H,21,24). The molecule has 0 aromatic heterocycles. The molecule has 0 bridgehead atoms. The zero-order chi connectivity index (χ0) is 17.4. The summed E-state index contributed by atoms with van der Waals surface area (Å²) in [5, 5.41) is 9.96. The Morgan fingerprint density at radius 2 is 2.08 bits per heavy atom. The second kappa shape index (κ2) is 7.47. The number of hydrogen-bond donors (Lipinski definition) is 4. The molecule has 0 spiro atoms. The van der Waals surface area contributed by atoms with Crippen LogP contribution >= 0.6 is 0 Å². The van der Waals surface area contributed by atoms with Gasteiger partial charge in [0.15, 0.2) is 0 Å². The first-order valence-electron chi connectivity index (χ1n) is 9.93. The molecule has 4 rings (SSSR count). The number of alkyl halides is 1. The lowest BCUT2D eigenvalue weighted by atomic mass is 9.77. The Morgan fingerprint density at radius 1 is 1.20 bits per heavy atom. The van der Waals surface area contributed by atoms with Gasteiger partial charge in [0.25, 0.3) is 0 Å². The Bertz CT molecular complexity index is 470. The molecule has 0 radical (unpaired) electrons. The maximum absolute atomic E-state index is 14.2. The number of carbonyl (C=O) groups excluding carboxylic acids is 1. The molecule has 2 saturated heterocycles. The van der Waals surface area contributed by atoms with E-state index in [9.17, 15) is 9.18 Å². The maximum atomic E-state index is 14.2. The molecular formula is C18H31FN4O2. The number of halogens is 1. The number of amides is 1. The molecule has 2 saturated carbocycles. The normalized spacial score (nSPS) is 47.4. The summed E-state index contributed by atoms with van der Waals surface area (Å²) >= 11 is 0. The largest absolute Gasteiger partial charge is 0.352 e. The van der Waals surface area contributed by atoms with E-state index in [0.29, 0.717) is 31.4 Å². The van der Waals surface area contributed by atoms with E-state index in [-0.39, 0.29) is 36.1 Å². The Morgan fingerprint density at radius 3 is 2.84 bits per heavy atom. The highest BCUT2D eigenvalue weighted by Crippen LogP contribution is 2.38. The van der Waals surface area contributed by atoms with Gasteiger partial charge < -0.3 is 10.6 Å². The van der Waals surface area contributed by atoms with Crippen LogP contribution in [0.2, 0.25) is 0 Å². The minimum Gasteiger partial charge on any atom is -0.352 e. The van der Waals surface area contributed by atoms with Gasteiger partial charge in [-0.2, -0.15) is 5.48 Å². The van der Waals surface area contributed by atoms with Crippen molar-refractivity contribution in [3.05, 3.63) is 0 Å². The molecule has 4 aliphatic rings. The SMILES string of the molecule is CC1CCC(F)C2CC(C(=O)NC3CCCC(C4NCON4)C3)NC12. The predicted octanol–water partition coefficient (Wildman–Crippen LogP) is 1.18. The van der Waals surface area contributed by atoms with E-state index in [0.717, 1.165) is 32.1 Å². The maximum Gasteiger partial charge on any atom is 0.237 e. The van der Waals surface area contributed by atoms with E-state index < -0.39 is 6.17 Å². The molecule has 2 aliphatic heterocycles. The predicted molar refractivity (Wildman–Crippen MR) is 92.0 cm³/mol. The minimum atomic E-state index is -0.759. The highest BCUT2D eigenvalue weighted by atomic mass is 19.1. The summed E-state index contributed by atoms with van der Waals surface area (Å²) in [5.74, 6) is 0.981. The van der Waals surface area contributed by atoms with Gasteiger partial charge in [0.05, 0.1) is 12.2 Å². The van der Waals surface area contributed by atoms with Crippen LogP contribution in [0.1, 0.15) is 51.9 Å². The van der Waals surface area contributed by atoms with E-state index in [2.05, 4.69) is 28.4 Å². The van der Waals surface area contributed by atoms with E-state index in [1.54, 1.807) is 0 Å². The summed E-state index contributed by atoms with van der Waals surface area (Å²) in [6.45, 7) is 2.71. The number of hydrogen-bond acceptors (Lipinski definition) is 5. The number of nitrogens with one attached hydrogen (secondary N) is 4.